The summed E-state index contributed by atoms with van der Waals surface area (Å²) in [7, 11) is 1.69. The molecule has 1 aromatic carbocycles. The number of alkyl halides is 3. The largest absolute Gasteiger partial charge is 0.412 e. The fraction of sp³-hybridized carbons (Fsp3) is 0.357. The van der Waals surface area contributed by atoms with Gasteiger partial charge in [-0.05, 0) is 12.0 Å². The van der Waals surface area contributed by atoms with Crippen LogP contribution in [0.2, 0.25) is 0 Å². The third kappa shape index (κ3) is 3.12. The fourth-order valence-corrected chi connectivity index (χ4v) is 2.07. The van der Waals surface area contributed by atoms with Crippen LogP contribution in [0, 0.1) is 0 Å². The van der Waals surface area contributed by atoms with E-state index in [9.17, 15) is 13.2 Å². The summed E-state index contributed by atoms with van der Waals surface area (Å²) in [5.74, 6) is 0. The number of halogens is 3. The summed E-state index contributed by atoms with van der Waals surface area (Å²) >= 11 is 0. The third-order valence-corrected chi connectivity index (χ3v) is 3.00. The van der Waals surface area contributed by atoms with Gasteiger partial charge in [0, 0.05) is 13.2 Å². The monoisotopic (exact) mass is 283 g/mol. The molecule has 0 saturated carbocycles. The van der Waals surface area contributed by atoms with Crippen molar-refractivity contribution < 1.29 is 13.2 Å². The highest BCUT2D eigenvalue weighted by molar-refractivity contribution is 5.49. The Bertz CT molecular complexity index is 561. The molecule has 1 heterocycles. The zero-order valence-corrected chi connectivity index (χ0v) is 11.3. The molecule has 6 heteroatoms. The molecular formula is C14H16F3N3. The molecule has 0 amide bonds. The Morgan fingerprint density at radius 2 is 1.90 bits per heavy atom. The summed E-state index contributed by atoms with van der Waals surface area (Å²) in [6, 6.07) is 6.08. The van der Waals surface area contributed by atoms with Crippen LogP contribution in [-0.2, 0) is 13.5 Å². The number of rotatable bonds is 4. The van der Waals surface area contributed by atoms with E-state index in [2.05, 4.69) is 10.4 Å². The van der Waals surface area contributed by atoms with Gasteiger partial charge in [0.2, 0.25) is 0 Å². The highest BCUT2D eigenvalue weighted by Crippen LogP contribution is 2.36. The van der Waals surface area contributed by atoms with Crippen LogP contribution in [0.25, 0.3) is 0 Å². The average molecular weight is 283 g/mol. The zero-order valence-electron chi connectivity index (χ0n) is 11.3. The topological polar surface area (TPSA) is 29.9 Å². The second kappa shape index (κ2) is 5.56. The predicted octanol–water partition coefficient (Wildman–Crippen LogP) is 3.70. The lowest BCUT2D eigenvalue weighted by molar-refractivity contribution is -0.144. The number of nitrogens with zero attached hydrogens (tertiary/aromatic N) is 2. The van der Waals surface area contributed by atoms with Crippen molar-refractivity contribution >= 4 is 5.69 Å². The first-order valence-electron chi connectivity index (χ1n) is 6.32. The summed E-state index contributed by atoms with van der Waals surface area (Å²) < 4.78 is 41.2. The van der Waals surface area contributed by atoms with Gasteiger partial charge in [-0.15, -0.1) is 0 Å². The van der Waals surface area contributed by atoms with Gasteiger partial charge in [0.15, 0.2) is 0 Å². The van der Waals surface area contributed by atoms with E-state index in [1.165, 1.54) is 16.8 Å². The van der Waals surface area contributed by atoms with Crippen LogP contribution in [-0.4, -0.2) is 16.0 Å². The molecular weight excluding hydrogens is 267 g/mol. The summed E-state index contributed by atoms with van der Waals surface area (Å²) in [6.45, 7) is 1.86. The van der Waals surface area contributed by atoms with Crippen LogP contribution in [0.1, 0.15) is 24.2 Å². The molecule has 2 aromatic rings. The Morgan fingerprint density at radius 1 is 1.25 bits per heavy atom. The number of benzene rings is 1. The quantitative estimate of drug-likeness (QED) is 0.927. The maximum atomic E-state index is 13.2. The number of anilines is 1. The average Bonchev–Trinajstić information content (AvgIpc) is 2.76. The lowest BCUT2D eigenvalue weighted by Crippen LogP contribution is -2.28. The second-order valence-electron chi connectivity index (χ2n) is 4.55. The normalized spacial score (nSPS) is 13.2. The second-order valence-corrected chi connectivity index (χ2v) is 4.55. The lowest BCUT2D eigenvalue weighted by atomic mass is 10.1. The van der Waals surface area contributed by atoms with Crippen LogP contribution >= 0.6 is 0 Å². The van der Waals surface area contributed by atoms with Crippen LogP contribution in [0.15, 0.2) is 36.5 Å². The van der Waals surface area contributed by atoms with Crippen molar-refractivity contribution in [3.05, 3.63) is 47.8 Å². The molecule has 0 aliphatic rings. The number of aryl methyl sites for hydroxylation is 2. The first-order valence-corrected chi connectivity index (χ1v) is 6.32. The Hall–Kier alpha value is -1.98. The van der Waals surface area contributed by atoms with Gasteiger partial charge >= 0.3 is 6.18 Å². The van der Waals surface area contributed by atoms with Crippen molar-refractivity contribution in [1.29, 1.82) is 0 Å². The molecule has 1 unspecified atom stereocenters. The first-order chi connectivity index (χ1) is 9.41. The van der Waals surface area contributed by atoms with Gasteiger partial charge in [-0.1, -0.05) is 37.3 Å². The molecule has 0 radical (unpaired) electrons. The van der Waals surface area contributed by atoms with Crippen molar-refractivity contribution in [2.75, 3.05) is 5.32 Å². The van der Waals surface area contributed by atoms with Gasteiger partial charge in [-0.3, -0.25) is 4.68 Å². The molecule has 0 saturated heterocycles. The SMILES string of the molecule is CCc1nn(C)cc1NC(c1ccccc1)C(F)(F)F. The van der Waals surface area contributed by atoms with Crippen LogP contribution in [0.5, 0.6) is 0 Å². The molecule has 1 aromatic heterocycles. The smallest absolute Gasteiger partial charge is 0.368 e. The van der Waals surface area contributed by atoms with E-state index in [0.717, 1.165) is 0 Å². The van der Waals surface area contributed by atoms with E-state index < -0.39 is 12.2 Å². The molecule has 20 heavy (non-hydrogen) atoms. The van der Waals surface area contributed by atoms with Crippen molar-refractivity contribution in [1.82, 2.24) is 9.78 Å². The zero-order chi connectivity index (χ0) is 14.8. The third-order valence-electron chi connectivity index (χ3n) is 3.00. The van der Waals surface area contributed by atoms with Crippen LogP contribution in [0.4, 0.5) is 18.9 Å². The molecule has 0 aliphatic carbocycles. The Morgan fingerprint density at radius 3 is 2.45 bits per heavy atom. The Balaban J connectivity index is 2.34. The van der Waals surface area contributed by atoms with E-state index in [4.69, 9.17) is 0 Å². The van der Waals surface area contributed by atoms with Crippen molar-refractivity contribution in [3.8, 4) is 0 Å². The summed E-state index contributed by atoms with van der Waals surface area (Å²) in [4.78, 5) is 0. The molecule has 3 nitrogen and oxygen atoms in total. The van der Waals surface area contributed by atoms with E-state index in [1.807, 2.05) is 6.92 Å². The summed E-state index contributed by atoms with van der Waals surface area (Å²) in [6.07, 6.45) is -2.23. The molecule has 0 spiro atoms. The van der Waals surface area contributed by atoms with Crippen molar-refractivity contribution in [2.45, 2.75) is 25.6 Å². The molecule has 2 rings (SSSR count). The van der Waals surface area contributed by atoms with Gasteiger partial charge in [-0.25, -0.2) is 0 Å². The Labute approximate surface area is 115 Å². The van der Waals surface area contributed by atoms with Crippen LogP contribution < -0.4 is 5.32 Å². The molecule has 0 fully saturated rings. The lowest BCUT2D eigenvalue weighted by Gasteiger charge is -2.22. The van der Waals surface area contributed by atoms with Gasteiger partial charge in [0.05, 0.1) is 11.4 Å². The number of hydrogen-bond donors (Lipinski definition) is 1. The standard InChI is InChI=1S/C14H16F3N3/c1-3-11-12(9-20(2)19-11)18-13(14(15,16)17)10-7-5-4-6-8-10/h4-9,13,18H,3H2,1-2H3. The predicted molar refractivity (Wildman–Crippen MR) is 71.4 cm³/mol. The first kappa shape index (κ1) is 14.4. The summed E-state index contributed by atoms with van der Waals surface area (Å²) in [5.41, 5.74) is 1.23. The number of nitrogens with one attached hydrogen (secondary N) is 1. The van der Waals surface area contributed by atoms with Gasteiger partial charge < -0.3 is 5.32 Å². The highest BCUT2D eigenvalue weighted by Gasteiger charge is 2.41. The minimum absolute atomic E-state index is 0.186. The van der Waals surface area contributed by atoms with Crippen molar-refractivity contribution in [2.24, 2.45) is 7.05 Å². The molecule has 108 valence electrons. The van der Waals surface area contributed by atoms with E-state index >= 15 is 0 Å². The molecule has 0 bridgehead atoms. The maximum absolute atomic E-state index is 13.2. The van der Waals surface area contributed by atoms with Gasteiger partial charge in [0.1, 0.15) is 6.04 Å². The maximum Gasteiger partial charge on any atom is 0.412 e. The van der Waals surface area contributed by atoms with Gasteiger partial charge in [0.25, 0.3) is 0 Å². The van der Waals surface area contributed by atoms with E-state index in [1.54, 1.807) is 31.4 Å². The van der Waals surface area contributed by atoms with Gasteiger partial charge in [-0.2, -0.15) is 18.3 Å². The van der Waals surface area contributed by atoms with Crippen LogP contribution in [0.3, 0.4) is 0 Å². The van der Waals surface area contributed by atoms with Crippen molar-refractivity contribution in [3.63, 3.8) is 0 Å². The van der Waals surface area contributed by atoms with E-state index in [0.29, 0.717) is 17.8 Å². The molecule has 0 aliphatic heterocycles. The number of hydrogen-bond acceptors (Lipinski definition) is 2. The minimum atomic E-state index is -4.37. The van der Waals surface area contributed by atoms with E-state index in [-0.39, 0.29) is 5.56 Å². The fourth-order valence-electron chi connectivity index (χ4n) is 2.07. The molecule has 1 N–H and O–H groups in total. The highest BCUT2D eigenvalue weighted by atomic mass is 19.4. The Kier molecular flexibility index (Phi) is 4.01. The molecule has 1 atom stereocenters. The summed E-state index contributed by atoms with van der Waals surface area (Å²) in [5, 5.41) is 6.71. The minimum Gasteiger partial charge on any atom is -0.368 e. The number of aromatic nitrogens is 2.